The van der Waals surface area contributed by atoms with E-state index in [1.54, 1.807) is 4.52 Å². The Morgan fingerprint density at radius 2 is 2.19 bits per heavy atom. The van der Waals surface area contributed by atoms with Gasteiger partial charge in [0.05, 0.1) is 29.7 Å². The number of fused-ring (bicyclic) bond motifs is 1. The molecule has 4 rings (SSSR count). The number of rotatable bonds is 4. The zero-order chi connectivity index (χ0) is 19.1. The van der Waals surface area contributed by atoms with Crippen LogP contribution in [0.4, 0.5) is 5.95 Å². The van der Waals surface area contributed by atoms with E-state index >= 15 is 0 Å². The van der Waals surface area contributed by atoms with Crippen LogP contribution in [0.3, 0.4) is 0 Å². The zero-order valence-electron chi connectivity index (χ0n) is 15.3. The molecule has 0 atom stereocenters. The maximum Gasteiger partial charge on any atom is 0.261 e. The zero-order valence-corrected chi connectivity index (χ0v) is 16.1. The van der Waals surface area contributed by atoms with Gasteiger partial charge in [-0.15, -0.1) is 21.1 Å². The molecule has 1 amide bonds. The fourth-order valence-electron chi connectivity index (χ4n) is 2.96. The predicted molar refractivity (Wildman–Crippen MR) is 103 cm³/mol. The van der Waals surface area contributed by atoms with E-state index in [4.69, 9.17) is 5.73 Å². The highest BCUT2D eigenvalue weighted by Gasteiger charge is 2.15. The number of aryl methyl sites for hydroxylation is 1. The summed E-state index contributed by atoms with van der Waals surface area (Å²) in [6, 6.07) is 5.69. The average Bonchev–Trinajstić information content (AvgIpc) is 3.33. The molecule has 9 heteroatoms. The van der Waals surface area contributed by atoms with Gasteiger partial charge in [0.25, 0.3) is 5.91 Å². The topological polar surface area (TPSA) is 94.1 Å². The Labute approximate surface area is 159 Å². The predicted octanol–water partition coefficient (Wildman–Crippen LogP) is 1.44. The van der Waals surface area contributed by atoms with Crippen LogP contribution in [-0.4, -0.2) is 25.2 Å². The molecule has 138 valence electrons. The number of nitrogen functional groups attached to an aromatic ring is 1. The quantitative estimate of drug-likeness (QED) is 0.522. The van der Waals surface area contributed by atoms with Crippen LogP contribution in [0.5, 0.6) is 0 Å². The standard InChI is InChI=1S/C18H19N7OS/c1-11-14(8-23(2)24(11)3)7-20-17(26)15-6-13(10-27-15)12-4-5-16-21-18(19)22-25(16)9-12/h4-6,8-10H,7H2,1-3H3,(H2-,19,20,22,26)/p+1. The third kappa shape index (κ3) is 3.17. The van der Waals surface area contributed by atoms with Gasteiger partial charge < -0.3 is 11.1 Å². The van der Waals surface area contributed by atoms with Crippen LogP contribution in [-0.2, 0) is 20.6 Å². The molecular formula is C18H20N7OS+. The molecule has 4 aromatic heterocycles. The van der Waals surface area contributed by atoms with E-state index in [1.807, 2.05) is 66.4 Å². The number of nitrogens with two attached hydrogens (primary N) is 1. The van der Waals surface area contributed by atoms with Gasteiger partial charge in [0.15, 0.2) is 12.7 Å². The van der Waals surface area contributed by atoms with Crippen molar-refractivity contribution in [3.8, 4) is 11.1 Å². The number of pyridine rings is 1. The van der Waals surface area contributed by atoms with Crippen LogP contribution in [0.15, 0.2) is 36.0 Å². The summed E-state index contributed by atoms with van der Waals surface area (Å²) in [5, 5.41) is 9.08. The van der Waals surface area contributed by atoms with E-state index < -0.39 is 0 Å². The SMILES string of the molecule is Cc1c(CNC(=O)c2cc(-c3ccc4nc(N)nn4c3)cs2)c[n+](C)n1C. The average molecular weight is 382 g/mol. The number of hydrogen-bond donors (Lipinski definition) is 2. The molecule has 0 spiro atoms. The van der Waals surface area contributed by atoms with Crippen molar-refractivity contribution >= 4 is 28.8 Å². The summed E-state index contributed by atoms with van der Waals surface area (Å²) in [5.74, 6) is 0.158. The van der Waals surface area contributed by atoms with Gasteiger partial charge in [0.2, 0.25) is 12.1 Å². The van der Waals surface area contributed by atoms with Gasteiger partial charge in [-0.25, -0.2) is 4.52 Å². The van der Waals surface area contributed by atoms with Crippen molar-refractivity contribution in [2.24, 2.45) is 14.1 Å². The molecular weight excluding hydrogens is 362 g/mol. The summed E-state index contributed by atoms with van der Waals surface area (Å²) in [5.41, 5.74) is 10.5. The normalized spacial score (nSPS) is 11.2. The number of hydrogen-bond acceptors (Lipinski definition) is 5. The molecule has 0 fully saturated rings. The second-order valence-electron chi connectivity index (χ2n) is 6.41. The van der Waals surface area contributed by atoms with Gasteiger partial charge in [-0.05, 0) is 36.1 Å². The molecule has 0 saturated carbocycles. The first-order valence-corrected chi connectivity index (χ1v) is 9.30. The van der Waals surface area contributed by atoms with Crippen molar-refractivity contribution < 1.29 is 9.48 Å². The van der Waals surface area contributed by atoms with Crippen molar-refractivity contribution in [3.63, 3.8) is 0 Å². The van der Waals surface area contributed by atoms with E-state index in [0.717, 1.165) is 22.4 Å². The molecule has 0 aliphatic heterocycles. The van der Waals surface area contributed by atoms with Gasteiger partial charge in [0, 0.05) is 11.8 Å². The maximum absolute atomic E-state index is 12.5. The van der Waals surface area contributed by atoms with Crippen LogP contribution < -0.4 is 15.7 Å². The van der Waals surface area contributed by atoms with Crippen molar-refractivity contribution in [2.45, 2.75) is 13.5 Å². The second-order valence-corrected chi connectivity index (χ2v) is 7.32. The van der Waals surface area contributed by atoms with Gasteiger partial charge >= 0.3 is 0 Å². The molecule has 3 N–H and O–H groups in total. The minimum atomic E-state index is -0.0803. The first-order chi connectivity index (χ1) is 12.9. The Kier molecular flexibility index (Phi) is 4.15. The van der Waals surface area contributed by atoms with E-state index in [2.05, 4.69) is 15.4 Å². The Hall–Kier alpha value is -3.20. The lowest BCUT2D eigenvalue weighted by Gasteiger charge is -2.01. The second kappa shape index (κ2) is 6.51. The monoisotopic (exact) mass is 382 g/mol. The highest BCUT2D eigenvalue weighted by Crippen LogP contribution is 2.26. The van der Waals surface area contributed by atoms with E-state index in [1.165, 1.54) is 11.3 Å². The Bertz CT molecular complexity index is 1150. The van der Waals surface area contributed by atoms with Gasteiger partial charge in [0.1, 0.15) is 0 Å². The van der Waals surface area contributed by atoms with Crippen LogP contribution in [0.2, 0.25) is 0 Å². The summed E-state index contributed by atoms with van der Waals surface area (Å²) < 4.78 is 5.67. The lowest BCUT2D eigenvalue weighted by molar-refractivity contribution is -0.751. The Morgan fingerprint density at radius 3 is 2.93 bits per heavy atom. The Balaban J connectivity index is 1.50. The van der Waals surface area contributed by atoms with Crippen molar-refractivity contribution in [2.75, 3.05) is 5.73 Å². The molecule has 4 aromatic rings. The van der Waals surface area contributed by atoms with E-state index in [-0.39, 0.29) is 11.9 Å². The van der Waals surface area contributed by atoms with Gasteiger partial charge in [-0.3, -0.25) is 4.79 Å². The van der Waals surface area contributed by atoms with Crippen LogP contribution >= 0.6 is 11.3 Å². The molecule has 0 radical (unpaired) electrons. The summed E-state index contributed by atoms with van der Waals surface area (Å²) in [4.78, 5) is 17.3. The number of carbonyl (C=O) groups is 1. The molecule has 4 heterocycles. The smallest absolute Gasteiger partial charge is 0.261 e. The van der Waals surface area contributed by atoms with Crippen molar-refractivity contribution in [1.82, 2.24) is 24.6 Å². The summed E-state index contributed by atoms with van der Waals surface area (Å²) in [6.07, 6.45) is 3.88. The van der Waals surface area contributed by atoms with Crippen LogP contribution in [0.1, 0.15) is 20.9 Å². The summed E-state index contributed by atoms with van der Waals surface area (Å²) >= 11 is 1.42. The minimum absolute atomic E-state index is 0.0803. The first-order valence-electron chi connectivity index (χ1n) is 8.42. The molecule has 0 aromatic carbocycles. The number of nitrogens with one attached hydrogen (secondary N) is 1. The fraction of sp³-hybridized carbons (Fsp3) is 0.222. The largest absolute Gasteiger partial charge is 0.366 e. The van der Waals surface area contributed by atoms with Gasteiger partial charge in [-0.2, -0.15) is 9.67 Å². The minimum Gasteiger partial charge on any atom is -0.366 e. The van der Waals surface area contributed by atoms with Crippen molar-refractivity contribution in [1.29, 1.82) is 0 Å². The molecule has 0 bridgehead atoms. The number of carbonyl (C=O) groups excluding carboxylic acids is 1. The maximum atomic E-state index is 12.5. The molecule has 0 saturated heterocycles. The number of amides is 1. The number of aromatic nitrogens is 5. The molecule has 0 unspecified atom stereocenters. The lowest BCUT2D eigenvalue weighted by atomic mass is 10.1. The van der Waals surface area contributed by atoms with Crippen molar-refractivity contribution in [3.05, 3.63) is 52.1 Å². The number of thiophene rings is 1. The Morgan fingerprint density at radius 1 is 1.37 bits per heavy atom. The number of nitrogens with zero attached hydrogens (tertiary/aromatic N) is 5. The van der Waals surface area contributed by atoms with Crippen LogP contribution in [0, 0.1) is 6.92 Å². The van der Waals surface area contributed by atoms with E-state index in [9.17, 15) is 4.79 Å². The summed E-state index contributed by atoms with van der Waals surface area (Å²) in [7, 11) is 3.97. The summed E-state index contributed by atoms with van der Waals surface area (Å²) in [6.45, 7) is 2.54. The first kappa shape index (κ1) is 17.2. The molecule has 8 nitrogen and oxygen atoms in total. The molecule has 0 aliphatic rings. The molecule has 0 aliphatic carbocycles. The highest BCUT2D eigenvalue weighted by molar-refractivity contribution is 7.12. The van der Waals surface area contributed by atoms with Gasteiger partial charge in [-0.1, -0.05) is 0 Å². The van der Waals surface area contributed by atoms with Crippen LogP contribution in [0.25, 0.3) is 16.8 Å². The highest BCUT2D eigenvalue weighted by atomic mass is 32.1. The number of anilines is 1. The third-order valence-electron chi connectivity index (χ3n) is 4.71. The lowest BCUT2D eigenvalue weighted by Crippen LogP contribution is -2.36. The fourth-order valence-corrected chi connectivity index (χ4v) is 3.80. The van der Waals surface area contributed by atoms with E-state index in [0.29, 0.717) is 17.1 Å². The third-order valence-corrected chi connectivity index (χ3v) is 5.64. The molecule has 27 heavy (non-hydrogen) atoms.